The van der Waals surface area contributed by atoms with Crippen LogP contribution in [0, 0.1) is 5.92 Å². The molecule has 1 saturated carbocycles. The summed E-state index contributed by atoms with van der Waals surface area (Å²) in [6, 6.07) is 9.71. The number of anilines is 3. The van der Waals surface area contributed by atoms with Crippen molar-refractivity contribution in [1.29, 1.82) is 0 Å². The minimum Gasteiger partial charge on any atom is -0.497 e. The highest BCUT2D eigenvalue weighted by molar-refractivity contribution is 5.99. The fourth-order valence-electron chi connectivity index (χ4n) is 4.28. The van der Waals surface area contributed by atoms with Gasteiger partial charge >= 0.3 is 0 Å². The van der Waals surface area contributed by atoms with Crippen LogP contribution in [0.2, 0.25) is 0 Å². The average Bonchev–Trinajstić information content (AvgIpc) is 2.89. The Hall–Kier alpha value is -2.60. The first-order valence-electron chi connectivity index (χ1n) is 10.4. The van der Waals surface area contributed by atoms with Crippen LogP contribution in [0.5, 0.6) is 5.75 Å². The lowest BCUT2D eigenvalue weighted by molar-refractivity contribution is -0.124. The molecule has 1 aliphatic heterocycles. The molecule has 1 aromatic carbocycles. The first-order valence-corrected chi connectivity index (χ1v) is 10.4. The van der Waals surface area contributed by atoms with Gasteiger partial charge in [-0.15, -0.1) is 0 Å². The number of nitrogens with zero attached hydrogens (tertiary/aromatic N) is 2. The van der Waals surface area contributed by atoms with E-state index in [-0.39, 0.29) is 24.0 Å². The van der Waals surface area contributed by atoms with Gasteiger partial charge in [-0.2, -0.15) is 0 Å². The van der Waals surface area contributed by atoms with Gasteiger partial charge in [-0.05, 0) is 57.7 Å². The average molecular weight is 396 g/mol. The van der Waals surface area contributed by atoms with Crippen LogP contribution in [0.15, 0.2) is 36.5 Å². The number of hydrogen-bond acceptors (Lipinski definition) is 5. The van der Waals surface area contributed by atoms with E-state index in [1.807, 2.05) is 35.2 Å². The monoisotopic (exact) mass is 395 g/mol. The van der Waals surface area contributed by atoms with E-state index in [0.29, 0.717) is 6.54 Å². The third-order valence-electron chi connectivity index (χ3n) is 5.72. The van der Waals surface area contributed by atoms with Crippen LogP contribution >= 0.6 is 0 Å². The molecule has 1 aromatic heterocycles. The summed E-state index contributed by atoms with van der Waals surface area (Å²) in [5.74, 6) is 1.71. The van der Waals surface area contributed by atoms with Crippen molar-refractivity contribution in [2.75, 3.05) is 17.3 Å². The lowest BCUT2D eigenvalue weighted by atomic mass is 9.86. The van der Waals surface area contributed by atoms with Crippen LogP contribution < -0.4 is 15.0 Å². The predicted molar refractivity (Wildman–Crippen MR) is 114 cm³/mol. The zero-order valence-electron chi connectivity index (χ0n) is 17.4. The molecule has 0 unspecified atom stereocenters. The Kier molecular flexibility index (Phi) is 5.72. The smallest absolute Gasteiger partial charge is 0.230 e. The molecular formula is C23H29N3O3. The molecule has 0 saturated heterocycles. The van der Waals surface area contributed by atoms with E-state index in [4.69, 9.17) is 9.47 Å². The van der Waals surface area contributed by atoms with Gasteiger partial charge in [0, 0.05) is 23.7 Å². The first kappa shape index (κ1) is 19.7. The second-order valence-electron chi connectivity index (χ2n) is 8.10. The second-order valence-corrected chi connectivity index (χ2v) is 8.10. The van der Waals surface area contributed by atoms with E-state index in [0.717, 1.165) is 54.2 Å². The molecule has 1 fully saturated rings. The van der Waals surface area contributed by atoms with Crippen molar-refractivity contribution < 1.29 is 14.3 Å². The zero-order chi connectivity index (χ0) is 20.4. The summed E-state index contributed by atoms with van der Waals surface area (Å²) < 4.78 is 11.4. The number of hydrogen-bond donors (Lipinski definition) is 1. The predicted octanol–water partition coefficient (Wildman–Crippen LogP) is 4.66. The number of amides is 1. The van der Waals surface area contributed by atoms with Gasteiger partial charge in [-0.25, -0.2) is 4.98 Å². The number of fused-ring (bicyclic) bond motifs is 2. The van der Waals surface area contributed by atoms with E-state index >= 15 is 0 Å². The Bertz CT molecular complexity index is 875. The number of aromatic nitrogens is 1. The van der Waals surface area contributed by atoms with Crippen LogP contribution in [0.4, 0.5) is 17.2 Å². The quantitative estimate of drug-likeness (QED) is 0.815. The van der Waals surface area contributed by atoms with Gasteiger partial charge in [0.15, 0.2) is 0 Å². The molecule has 154 valence electrons. The van der Waals surface area contributed by atoms with Crippen molar-refractivity contribution in [3.05, 3.63) is 42.1 Å². The molecule has 29 heavy (non-hydrogen) atoms. The minimum absolute atomic E-state index is 0.0132. The van der Waals surface area contributed by atoms with Crippen molar-refractivity contribution in [3.8, 4) is 5.75 Å². The highest BCUT2D eigenvalue weighted by Crippen LogP contribution is 2.39. The van der Waals surface area contributed by atoms with Gasteiger partial charge in [-0.3, -0.25) is 4.79 Å². The van der Waals surface area contributed by atoms with Crippen LogP contribution in [-0.2, 0) is 16.1 Å². The first-order chi connectivity index (χ1) is 14.0. The van der Waals surface area contributed by atoms with Gasteiger partial charge in [-0.1, -0.05) is 6.07 Å². The number of carbonyl (C=O) groups excluding carboxylic acids is 1. The maximum atomic E-state index is 13.6. The Balaban J connectivity index is 1.61. The van der Waals surface area contributed by atoms with E-state index in [1.54, 1.807) is 13.3 Å². The maximum Gasteiger partial charge on any atom is 0.230 e. The van der Waals surface area contributed by atoms with E-state index in [2.05, 4.69) is 24.1 Å². The third-order valence-corrected chi connectivity index (χ3v) is 5.72. The highest BCUT2D eigenvalue weighted by Gasteiger charge is 2.33. The lowest BCUT2D eigenvalue weighted by Gasteiger charge is -2.33. The van der Waals surface area contributed by atoms with Crippen molar-refractivity contribution in [2.24, 2.45) is 5.92 Å². The summed E-state index contributed by atoms with van der Waals surface area (Å²) in [7, 11) is 1.64. The Morgan fingerprint density at radius 2 is 2.00 bits per heavy atom. The molecule has 0 bridgehead atoms. The molecule has 2 aromatic rings. The van der Waals surface area contributed by atoms with E-state index < -0.39 is 0 Å². The minimum atomic E-state index is 0.0132. The van der Waals surface area contributed by atoms with E-state index in [1.165, 1.54) is 0 Å². The molecule has 4 rings (SSSR count). The second kappa shape index (κ2) is 8.41. The van der Waals surface area contributed by atoms with Crippen LogP contribution in [0.3, 0.4) is 0 Å². The zero-order valence-corrected chi connectivity index (χ0v) is 17.4. The number of nitrogens with one attached hydrogen (secondary N) is 1. The van der Waals surface area contributed by atoms with Crippen LogP contribution in [0.25, 0.3) is 0 Å². The van der Waals surface area contributed by atoms with E-state index in [9.17, 15) is 4.79 Å². The van der Waals surface area contributed by atoms with Crippen LogP contribution in [-0.4, -0.2) is 30.2 Å². The van der Waals surface area contributed by atoms with Crippen molar-refractivity contribution >= 4 is 23.1 Å². The molecule has 2 heterocycles. The SMILES string of the molecule is COc1ccc2c(c1)N(C(=O)C1CCC(OC(C)C)CC1)Cc1cccnc1N2. The molecule has 6 nitrogen and oxygen atoms in total. The van der Waals surface area contributed by atoms with Gasteiger partial charge in [0.2, 0.25) is 5.91 Å². The Morgan fingerprint density at radius 1 is 1.21 bits per heavy atom. The van der Waals surface area contributed by atoms with Gasteiger partial charge in [0.1, 0.15) is 11.6 Å². The molecule has 0 radical (unpaired) electrons. The number of rotatable bonds is 4. The standard InChI is InChI=1S/C23H29N3O3/c1-15(2)29-18-8-6-16(7-9-18)23(27)26-14-17-5-4-12-24-22(17)25-20-11-10-19(28-3)13-21(20)26/h4-5,10-13,15-16,18H,6-9,14H2,1-3H3,(H,24,25). The molecule has 6 heteroatoms. The number of methoxy groups -OCH3 is 1. The van der Waals surface area contributed by atoms with Gasteiger partial charge < -0.3 is 19.7 Å². The largest absolute Gasteiger partial charge is 0.497 e. The molecule has 2 aliphatic rings. The summed E-state index contributed by atoms with van der Waals surface area (Å²) in [6.45, 7) is 4.63. The summed E-state index contributed by atoms with van der Waals surface area (Å²) >= 11 is 0. The van der Waals surface area contributed by atoms with Crippen molar-refractivity contribution in [2.45, 2.75) is 58.3 Å². The Morgan fingerprint density at radius 3 is 2.72 bits per heavy atom. The lowest BCUT2D eigenvalue weighted by Crippen LogP contribution is -2.38. The third kappa shape index (κ3) is 4.22. The molecule has 0 spiro atoms. The molecular weight excluding hydrogens is 366 g/mol. The van der Waals surface area contributed by atoms with Crippen molar-refractivity contribution in [3.63, 3.8) is 0 Å². The highest BCUT2D eigenvalue weighted by atomic mass is 16.5. The topological polar surface area (TPSA) is 63.7 Å². The summed E-state index contributed by atoms with van der Waals surface area (Å²) in [4.78, 5) is 20.0. The molecule has 1 amide bonds. The number of pyridine rings is 1. The normalized spacial score (nSPS) is 21.0. The summed E-state index contributed by atoms with van der Waals surface area (Å²) in [6.07, 6.45) is 5.85. The van der Waals surface area contributed by atoms with Gasteiger partial charge in [0.25, 0.3) is 0 Å². The number of ether oxygens (including phenoxy) is 2. The molecule has 1 N–H and O–H groups in total. The summed E-state index contributed by atoms with van der Waals surface area (Å²) in [5.41, 5.74) is 2.72. The fourth-order valence-corrected chi connectivity index (χ4v) is 4.28. The number of benzene rings is 1. The van der Waals surface area contributed by atoms with Crippen molar-refractivity contribution in [1.82, 2.24) is 4.98 Å². The Labute approximate surface area is 172 Å². The van der Waals surface area contributed by atoms with Crippen LogP contribution in [0.1, 0.15) is 45.1 Å². The number of carbonyl (C=O) groups is 1. The molecule has 1 aliphatic carbocycles. The molecule has 0 atom stereocenters. The summed E-state index contributed by atoms with van der Waals surface area (Å²) in [5, 5.41) is 3.39. The maximum absolute atomic E-state index is 13.6. The van der Waals surface area contributed by atoms with Gasteiger partial charge in [0.05, 0.1) is 37.2 Å². The fraction of sp³-hybridized carbons (Fsp3) is 0.478.